The lowest BCUT2D eigenvalue weighted by atomic mass is 10.2. The Balaban J connectivity index is 2.15. The summed E-state index contributed by atoms with van der Waals surface area (Å²) in [6, 6.07) is 10.1. The minimum absolute atomic E-state index is 0.238. The van der Waals surface area contributed by atoms with Crippen molar-refractivity contribution in [3.05, 3.63) is 45.9 Å². The van der Waals surface area contributed by atoms with Crippen LogP contribution in [-0.4, -0.2) is 22.6 Å². The molecule has 5 nitrogen and oxygen atoms in total. The van der Waals surface area contributed by atoms with E-state index in [1.165, 1.54) is 4.88 Å². The highest BCUT2D eigenvalue weighted by Crippen LogP contribution is 2.22. The van der Waals surface area contributed by atoms with Gasteiger partial charge in [0, 0.05) is 23.5 Å². The molecule has 1 aromatic heterocycles. The van der Waals surface area contributed by atoms with Crippen molar-refractivity contribution in [3.63, 3.8) is 0 Å². The molecular weight excluding hydrogens is 284 g/mol. The van der Waals surface area contributed by atoms with Gasteiger partial charge in [0.2, 0.25) is 0 Å². The summed E-state index contributed by atoms with van der Waals surface area (Å²) in [6.45, 7) is 5.51. The summed E-state index contributed by atoms with van der Waals surface area (Å²) in [4.78, 5) is 8.02. The van der Waals surface area contributed by atoms with E-state index >= 15 is 0 Å². The first-order chi connectivity index (χ1) is 10.1. The van der Waals surface area contributed by atoms with Gasteiger partial charge in [0.25, 0.3) is 0 Å². The van der Waals surface area contributed by atoms with Gasteiger partial charge in [-0.3, -0.25) is 0 Å². The molecular formula is C15H20N4OS. The van der Waals surface area contributed by atoms with Gasteiger partial charge in [-0.15, -0.1) is 11.3 Å². The van der Waals surface area contributed by atoms with E-state index in [0.29, 0.717) is 13.0 Å². The Kier molecular flexibility index (Phi) is 5.16. The van der Waals surface area contributed by atoms with Crippen LogP contribution in [0.3, 0.4) is 0 Å². The highest BCUT2D eigenvalue weighted by atomic mass is 32.1. The quantitative estimate of drug-likeness (QED) is 0.372. The summed E-state index contributed by atoms with van der Waals surface area (Å²) < 4.78 is 0. The Morgan fingerprint density at radius 3 is 2.62 bits per heavy atom. The first kappa shape index (κ1) is 15.3. The lowest BCUT2D eigenvalue weighted by molar-refractivity contribution is 0.317. The lowest BCUT2D eigenvalue weighted by Crippen LogP contribution is -2.27. The number of hydrogen-bond acceptors (Lipinski definition) is 5. The van der Waals surface area contributed by atoms with Crippen LogP contribution in [0.1, 0.15) is 22.0 Å². The van der Waals surface area contributed by atoms with Crippen LogP contribution in [0.2, 0.25) is 0 Å². The molecule has 1 heterocycles. The molecule has 0 aliphatic rings. The number of aryl methyl sites for hydroxylation is 2. The molecule has 3 N–H and O–H groups in total. The predicted molar refractivity (Wildman–Crippen MR) is 87.1 cm³/mol. The van der Waals surface area contributed by atoms with Crippen LogP contribution < -0.4 is 10.6 Å². The maximum absolute atomic E-state index is 8.68. The van der Waals surface area contributed by atoms with Gasteiger partial charge >= 0.3 is 0 Å². The third-order valence-corrected chi connectivity index (χ3v) is 4.34. The Morgan fingerprint density at radius 1 is 1.33 bits per heavy atom. The van der Waals surface area contributed by atoms with E-state index in [4.69, 9.17) is 10.9 Å². The number of rotatable bonds is 6. The molecule has 0 unspecified atom stereocenters. The average Bonchev–Trinajstić information content (AvgIpc) is 2.82. The van der Waals surface area contributed by atoms with Crippen molar-refractivity contribution in [1.82, 2.24) is 4.98 Å². The van der Waals surface area contributed by atoms with Crippen LogP contribution in [0, 0.1) is 13.8 Å². The minimum Gasteiger partial charge on any atom is -0.409 e. The molecule has 0 saturated heterocycles. The van der Waals surface area contributed by atoms with Gasteiger partial charge in [-0.1, -0.05) is 23.4 Å². The van der Waals surface area contributed by atoms with E-state index in [0.717, 1.165) is 22.9 Å². The normalized spacial score (nSPS) is 11.6. The zero-order chi connectivity index (χ0) is 15.2. The molecule has 0 saturated carbocycles. The predicted octanol–water partition coefficient (Wildman–Crippen LogP) is 2.90. The standard InChI is InChI=1S/C15H20N4OS/c1-11-12(2)21-15(17-11)10-19(9-8-14(16)18-20)13-6-4-3-5-7-13/h3-7,20H,8-10H2,1-2H3,(H2,16,18). The van der Waals surface area contributed by atoms with Crippen LogP contribution in [0.4, 0.5) is 5.69 Å². The van der Waals surface area contributed by atoms with Crippen molar-refractivity contribution in [1.29, 1.82) is 0 Å². The average molecular weight is 304 g/mol. The van der Waals surface area contributed by atoms with Gasteiger partial charge in [-0.05, 0) is 26.0 Å². The number of benzene rings is 1. The molecule has 0 fully saturated rings. The van der Waals surface area contributed by atoms with Crippen LogP contribution in [0.25, 0.3) is 0 Å². The van der Waals surface area contributed by atoms with Crippen LogP contribution in [0.5, 0.6) is 0 Å². The number of aromatic nitrogens is 1. The second-order valence-corrected chi connectivity index (χ2v) is 6.14. The van der Waals surface area contributed by atoms with Crippen molar-refractivity contribution in [2.45, 2.75) is 26.8 Å². The van der Waals surface area contributed by atoms with E-state index in [1.807, 2.05) is 25.1 Å². The number of anilines is 1. The van der Waals surface area contributed by atoms with Crippen molar-refractivity contribution >= 4 is 22.9 Å². The number of oxime groups is 1. The molecule has 2 rings (SSSR count). The topological polar surface area (TPSA) is 74.7 Å². The fourth-order valence-corrected chi connectivity index (χ4v) is 2.96. The summed E-state index contributed by atoms with van der Waals surface area (Å²) in [5, 5.41) is 12.8. The Morgan fingerprint density at radius 2 is 2.05 bits per heavy atom. The second kappa shape index (κ2) is 7.08. The van der Waals surface area contributed by atoms with Gasteiger partial charge in [0.1, 0.15) is 10.8 Å². The van der Waals surface area contributed by atoms with Crippen LogP contribution in [-0.2, 0) is 6.54 Å². The van der Waals surface area contributed by atoms with Crippen molar-refractivity contribution < 1.29 is 5.21 Å². The summed E-state index contributed by atoms with van der Waals surface area (Å²) in [5.41, 5.74) is 7.77. The minimum atomic E-state index is 0.238. The van der Waals surface area contributed by atoms with Gasteiger partial charge < -0.3 is 15.8 Å². The van der Waals surface area contributed by atoms with Crippen molar-refractivity contribution in [3.8, 4) is 0 Å². The highest BCUT2D eigenvalue weighted by molar-refractivity contribution is 7.11. The first-order valence-corrected chi connectivity index (χ1v) is 7.61. The third kappa shape index (κ3) is 4.19. The fraction of sp³-hybridized carbons (Fsp3) is 0.333. The van der Waals surface area contributed by atoms with Crippen molar-refractivity contribution in [2.75, 3.05) is 11.4 Å². The lowest BCUT2D eigenvalue weighted by Gasteiger charge is -2.23. The van der Waals surface area contributed by atoms with E-state index in [2.05, 4.69) is 34.1 Å². The Hall–Kier alpha value is -2.08. The number of thiazole rings is 1. The molecule has 112 valence electrons. The van der Waals surface area contributed by atoms with E-state index in [9.17, 15) is 0 Å². The first-order valence-electron chi connectivity index (χ1n) is 6.79. The molecule has 0 amide bonds. The summed E-state index contributed by atoms with van der Waals surface area (Å²) in [7, 11) is 0. The van der Waals surface area contributed by atoms with E-state index in [-0.39, 0.29) is 5.84 Å². The molecule has 0 radical (unpaired) electrons. The van der Waals surface area contributed by atoms with Crippen LogP contribution >= 0.6 is 11.3 Å². The highest BCUT2D eigenvalue weighted by Gasteiger charge is 2.11. The van der Waals surface area contributed by atoms with Gasteiger partial charge in [-0.2, -0.15) is 0 Å². The largest absolute Gasteiger partial charge is 0.409 e. The summed E-state index contributed by atoms with van der Waals surface area (Å²) in [5.74, 6) is 0.238. The number of nitrogens with two attached hydrogens (primary N) is 1. The van der Waals surface area contributed by atoms with E-state index in [1.54, 1.807) is 11.3 Å². The zero-order valence-electron chi connectivity index (χ0n) is 12.3. The molecule has 0 aliphatic carbocycles. The Labute approximate surface area is 128 Å². The monoisotopic (exact) mass is 304 g/mol. The smallest absolute Gasteiger partial charge is 0.140 e. The van der Waals surface area contributed by atoms with Gasteiger partial charge in [0.05, 0.1) is 12.2 Å². The maximum Gasteiger partial charge on any atom is 0.140 e. The second-order valence-electron chi connectivity index (χ2n) is 4.85. The van der Waals surface area contributed by atoms with Crippen LogP contribution in [0.15, 0.2) is 35.5 Å². The molecule has 21 heavy (non-hydrogen) atoms. The Bertz CT molecular complexity index is 590. The fourth-order valence-electron chi connectivity index (χ4n) is 2.01. The molecule has 0 bridgehead atoms. The SMILES string of the molecule is Cc1nc(CN(CC/C(N)=N/O)c2ccccc2)sc1C. The molecule has 6 heteroatoms. The summed E-state index contributed by atoms with van der Waals surface area (Å²) >= 11 is 1.71. The zero-order valence-corrected chi connectivity index (χ0v) is 13.1. The number of hydrogen-bond donors (Lipinski definition) is 2. The van der Waals surface area contributed by atoms with E-state index < -0.39 is 0 Å². The van der Waals surface area contributed by atoms with Crippen molar-refractivity contribution in [2.24, 2.45) is 10.9 Å². The molecule has 0 aliphatic heterocycles. The number of para-hydroxylation sites is 1. The molecule has 0 atom stereocenters. The third-order valence-electron chi connectivity index (χ3n) is 3.29. The molecule has 1 aromatic carbocycles. The maximum atomic E-state index is 8.68. The van der Waals surface area contributed by atoms with Gasteiger partial charge in [0.15, 0.2) is 0 Å². The summed E-state index contributed by atoms with van der Waals surface area (Å²) in [6.07, 6.45) is 0.509. The molecule has 2 aromatic rings. The number of nitrogens with zero attached hydrogens (tertiary/aromatic N) is 3. The van der Waals surface area contributed by atoms with Gasteiger partial charge in [-0.25, -0.2) is 4.98 Å². The molecule has 0 spiro atoms. The number of amidine groups is 1.